The van der Waals surface area contributed by atoms with Gasteiger partial charge in [-0.25, -0.2) is 14.6 Å². The summed E-state index contributed by atoms with van der Waals surface area (Å²) in [7, 11) is 0. The Labute approximate surface area is 134 Å². The number of rotatable bonds is 4. The molecule has 7 nitrogen and oxygen atoms in total. The molecular formula is C15H11N5O2S. The van der Waals surface area contributed by atoms with Crippen LogP contribution in [0.25, 0.3) is 22.4 Å². The molecule has 4 aromatic rings. The van der Waals surface area contributed by atoms with E-state index in [1.165, 1.54) is 28.7 Å². The number of carbonyl (C=O) groups excluding carboxylic acids is 1. The second kappa shape index (κ2) is 5.65. The van der Waals surface area contributed by atoms with Gasteiger partial charge in [0.05, 0.1) is 0 Å². The number of amides is 1. The maximum atomic E-state index is 11.9. The van der Waals surface area contributed by atoms with Gasteiger partial charge in [0.25, 0.3) is 0 Å². The number of fused-ring (bicyclic) bond motifs is 1. The van der Waals surface area contributed by atoms with Gasteiger partial charge in [0.15, 0.2) is 10.9 Å². The molecule has 1 aromatic carbocycles. The monoisotopic (exact) mass is 325 g/mol. The van der Waals surface area contributed by atoms with Crippen LogP contribution < -0.4 is 5.32 Å². The highest BCUT2D eigenvalue weighted by Crippen LogP contribution is 2.30. The van der Waals surface area contributed by atoms with Crippen LogP contribution in [0.2, 0.25) is 0 Å². The van der Waals surface area contributed by atoms with Crippen molar-refractivity contribution in [3.05, 3.63) is 48.4 Å². The van der Waals surface area contributed by atoms with Crippen LogP contribution in [0.15, 0.2) is 52.8 Å². The van der Waals surface area contributed by atoms with Gasteiger partial charge in [-0.1, -0.05) is 18.2 Å². The van der Waals surface area contributed by atoms with Crippen LogP contribution in [0.1, 0.15) is 0 Å². The summed E-state index contributed by atoms with van der Waals surface area (Å²) in [5, 5.41) is 10.0. The van der Waals surface area contributed by atoms with Crippen LogP contribution >= 0.6 is 11.3 Å². The zero-order valence-electron chi connectivity index (χ0n) is 11.8. The van der Waals surface area contributed by atoms with E-state index in [4.69, 9.17) is 4.42 Å². The molecule has 0 aliphatic heterocycles. The molecule has 0 unspecified atom stereocenters. The lowest BCUT2D eigenvalue weighted by atomic mass is 10.2. The molecular weight excluding hydrogens is 314 g/mol. The topological polar surface area (TPSA) is 85.8 Å². The number of nitrogens with one attached hydrogen (secondary N) is 1. The van der Waals surface area contributed by atoms with Gasteiger partial charge < -0.3 is 9.73 Å². The lowest BCUT2D eigenvalue weighted by Crippen LogP contribution is -2.18. The number of thiazole rings is 1. The number of para-hydroxylation sites is 1. The molecule has 3 heterocycles. The average molecular weight is 325 g/mol. The van der Waals surface area contributed by atoms with E-state index in [0.29, 0.717) is 16.6 Å². The number of hydrogen-bond acceptors (Lipinski definition) is 6. The Morgan fingerprint density at radius 2 is 2.26 bits per heavy atom. The first kappa shape index (κ1) is 13.6. The van der Waals surface area contributed by atoms with Crippen molar-refractivity contribution in [2.24, 2.45) is 0 Å². The van der Waals surface area contributed by atoms with Crippen molar-refractivity contribution in [3.63, 3.8) is 0 Å². The predicted molar refractivity (Wildman–Crippen MR) is 86.0 cm³/mol. The predicted octanol–water partition coefficient (Wildman–Crippen LogP) is 2.79. The number of furan rings is 1. The first-order valence-corrected chi connectivity index (χ1v) is 7.73. The Morgan fingerprint density at radius 3 is 3.09 bits per heavy atom. The minimum Gasteiger partial charge on any atom is -0.454 e. The van der Waals surface area contributed by atoms with Gasteiger partial charge in [0.2, 0.25) is 5.91 Å². The smallest absolute Gasteiger partial charge is 0.247 e. The van der Waals surface area contributed by atoms with Crippen molar-refractivity contribution >= 4 is 33.3 Å². The Morgan fingerprint density at radius 1 is 1.35 bits per heavy atom. The van der Waals surface area contributed by atoms with Crippen LogP contribution in [-0.2, 0) is 11.3 Å². The fourth-order valence-electron chi connectivity index (χ4n) is 2.17. The zero-order chi connectivity index (χ0) is 15.6. The van der Waals surface area contributed by atoms with Gasteiger partial charge in [0, 0.05) is 10.8 Å². The van der Waals surface area contributed by atoms with E-state index in [1.807, 2.05) is 35.7 Å². The summed E-state index contributed by atoms with van der Waals surface area (Å²) in [6, 6.07) is 9.71. The van der Waals surface area contributed by atoms with Crippen molar-refractivity contribution in [3.8, 4) is 11.5 Å². The highest BCUT2D eigenvalue weighted by atomic mass is 32.1. The highest BCUT2D eigenvalue weighted by molar-refractivity contribution is 7.14. The lowest BCUT2D eigenvalue weighted by Gasteiger charge is -2.00. The van der Waals surface area contributed by atoms with Crippen molar-refractivity contribution in [1.29, 1.82) is 0 Å². The first-order valence-electron chi connectivity index (χ1n) is 6.85. The average Bonchev–Trinajstić information content (AvgIpc) is 3.26. The molecule has 0 fully saturated rings. The van der Waals surface area contributed by atoms with Crippen LogP contribution in [-0.4, -0.2) is 25.7 Å². The molecule has 8 heteroatoms. The van der Waals surface area contributed by atoms with Crippen LogP contribution in [0.5, 0.6) is 0 Å². The van der Waals surface area contributed by atoms with Crippen LogP contribution in [0, 0.1) is 0 Å². The maximum absolute atomic E-state index is 11.9. The fraction of sp³-hybridized carbons (Fsp3) is 0.0667. The lowest BCUT2D eigenvalue weighted by molar-refractivity contribution is -0.116. The molecule has 23 heavy (non-hydrogen) atoms. The van der Waals surface area contributed by atoms with E-state index in [0.717, 1.165) is 11.0 Å². The molecule has 114 valence electrons. The van der Waals surface area contributed by atoms with Gasteiger partial charge in [-0.3, -0.25) is 4.79 Å². The third kappa shape index (κ3) is 2.84. The molecule has 0 aliphatic carbocycles. The molecule has 0 bridgehead atoms. The number of carbonyl (C=O) groups is 1. The van der Waals surface area contributed by atoms with E-state index >= 15 is 0 Å². The van der Waals surface area contributed by atoms with E-state index < -0.39 is 0 Å². The zero-order valence-corrected chi connectivity index (χ0v) is 12.7. The minimum absolute atomic E-state index is 0.0968. The number of hydrogen-bond donors (Lipinski definition) is 1. The number of benzene rings is 1. The minimum atomic E-state index is -0.207. The summed E-state index contributed by atoms with van der Waals surface area (Å²) in [4.78, 5) is 20.1. The van der Waals surface area contributed by atoms with Gasteiger partial charge in [0.1, 0.15) is 30.5 Å². The molecule has 0 radical (unpaired) electrons. The quantitative estimate of drug-likeness (QED) is 0.623. The molecule has 1 N–H and O–H groups in total. The molecule has 0 spiro atoms. The third-order valence-electron chi connectivity index (χ3n) is 3.20. The van der Waals surface area contributed by atoms with E-state index in [1.54, 1.807) is 0 Å². The van der Waals surface area contributed by atoms with Gasteiger partial charge >= 0.3 is 0 Å². The molecule has 1 amide bonds. The highest BCUT2D eigenvalue weighted by Gasteiger charge is 2.12. The fourth-order valence-corrected chi connectivity index (χ4v) is 2.89. The molecule has 0 saturated carbocycles. The largest absolute Gasteiger partial charge is 0.454 e. The van der Waals surface area contributed by atoms with Gasteiger partial charge in [-0.05, 0) is 12.1 Å². The molecule has 4 rings (SSSR count). The number of nitrogens with zero attached hydrogens (tertiary/aromatic N) is 4. The summed E-state index contributed by atoms with van der Waals surface area (Å²) in [5.74, 6) is 0.472. The molecule has 3 aromatic heterocycles. The Hall–Kier alpha value is -3.00. The Kier molecular flexibility index (Phi) is 3.35. The van der Waals surface area contributed by atoms with Gasteiger partial charge in [-0.2, -0.15) is 5.10 Å². The third-order valence-corrected chi connectivity index (χ3v) is 3.96. The van der Waals surface area contributed by atoms with Crippen LogP contribution in [0.3, 0.4) is 0 Å². The Bertz CT molecular complexity index is 924. The van der Waals surface area contributed by atoms with Crippen molar-refractivity contribution in [2.75, 3.05) is 5.32 Å². The molecule has 0 saturated heterocycles. The summed E-state index contributed by atoms with van der Waals surface area (Å²) in [6.45, 7) is 0.0968. The van der Waals surface area contributed by atoms with Crippen molar-refractivity contribution in [2.45, 2.75) is 6.54 Å². The molecule has 0 aliphatic rings. The second-order valence-corrected chi connectivity index (χ2v) is 5.69. The number of anilines is 1. The summed E-state index contributed by atoms with van der Waals surface area (Å²) >= 11 is 1.35. The van der Waals surface area contributed by atoms with Crippen molar-refractivity contribution < 1.29 is 9.21 Å². The SMILES string of the molecule is O=C(Cn1cncn1)Nc1nc(-c2cc3ccccc3o2)cs1. The summed E-state index contributed by atoms with van der Waals surface area (Å²) in [5.41, 5.74) is 1.51. The van der Waals surface area contributed by atoms with Gasteiger partial charge in [-0.15, -0.1) is 11.3 Å². The van der Waals surface area contributed by atoms with E-state index in [-0.39, 0.29) is 12.5 Å². The number of aromatic nitrogens is 4. The normalized spacial score (nSPS) is 11.0. The van der Waals surface area contributed by atoms with Crippen molar-refractivity contribution in [1.82, 2.24) is 19.7 Å². The summed E-state index contributed by atoms with van der Waals surface area (Å²) < 4.78 is 7.21. The first-order chi connectivity index (χ1) is 11.3. The Balaban J connectivity index is 1.51. The maximum Gasteiger partial charge on any atom is 0.247 e. The summed E-state index contributed by atoms with van der Waals surface area (Å²) in [6.07, 6.45) is 2.87. The molecule has 0 atom stereocenters. The van der Waals surface area contributed by atoms with E-state index in [2.05, 4.69) is 20.4 Å². The standard InChI is InChI=1S/C15H11N5O2S/c21-14(6-20-9-16-8-17-20)19-15-18-11(7-23-15)13-5-10-3-1-2-4-12(10)22-13/h1-5,7-9H,6H2,(H,18,19,21). The second-order valence-electron chi connectivity index (χ2n) is 4.83. The van der Waals surface area contributed by atoms with E-state index in [9.17, 15) is 4.79 Å². The van der Waals surface area contributed by atoms with Crippen LogP contribution in [0.4, 0.5) is 5.13 Å².